The molecule has 0 saturated carbocycles. The Kier molecular flexibility index (Phi) is 4.26. The first-order valence-electron chi connectivity index (χ1n) is 9.17. The summed E-state index contributed by atoms with van der Waals surface area (Å²) in [5, 5.41) is 2.84. The molecule has 0 aliphatic carbocycles. The Morgan fingerprint density at radius 1 is 1.19 bits per heavy atom. The molecule has 26 heavy (non-hydrogen) atoms. The van der Waals surface area contributed by atoms with E-state index in [4.69, 9.17) is 0 Å². The van der Waals surface area contributed by atoms with Crippen molar-refractivity contribution in [3.63, 3.8) is 0 Å². The molecule has 1 atom stereocenters. The maximum absolute atomic E-state index is 12.8. The van der Waals surface area contributed by atoms with E-state index in [0.717, 1.165) is 31.4 Å². The van der Waals surface area contributed by atoms with Crippen LogP contribution in [0.2, 0.25) is 0 Å². The van der Waals surface area contributed by atoms with Crippen molar-refractivity contribution in [1.82, 2.24) is 24.4 Å². The van der Waals surface area contributed by atoms with Gasteiger partial charge in [0.05, 0.1) is 5.69 Å². The van der Waals surface area contributed by atoms with Crippen LogP contribution < -0.4 is 5.56 Å². The highest BCUT2D eigenvalue weighted by atomic mass is 16.2. The van der Waals surface area contributed by atoms with Gasteiger partial charge in [0.25, 0.3) is 5.56 Å². The van der Waals surface area contributed by atoms with Gasteiger partial charge in [-0.25, -0.2) is 9.50 Å². The van der Waals surface area contributed by atoms with Crippen molar-refractivity contribution < 1.29 is 9.59 Å². The predicted octanol–water partition coefficient (Wildman–Crippen LogP) is 0.740. The molecule has 2 fully saturated rings. The Morgan fingerprint density at radius 2 is 1.96 bits per heavy atom. The van der Waals surface area contributed by atoms with Crippen LogP contribution in [-0.4, -0.2) is 61.9 Å². The summed E-state index contributed by atoms with van der Waals surface area (Å²) in [5.74, 6) is 0.213. The van der Waals surface area contributed by atoms with Crippen molar-refractivity contribution in [2.75, 3.05) is 19.6 Å². The molecule has 2 aliphatic rings. The number of hydrogen-bond donors (Lipinski definition) is 1. The van der Waals surface area contributed by atoms with Crippen molar-refractivity contribution in [3.8, 4) is 0 Å². The number of carbonyl (C=O) groups excluding carboxylic acids is 2. The number of fused-ring (bicyclic) bond motifs is 1. The summed E-state index contributed by atoms with van der Waals surface area (Å²) < 4.78 is 1.42. The lowest BCUT2D eigenvalue weighted by molar-refractivity contribution is -0.143. The van der Waals surface area contributed by atoms with Gasteiger partial charge >= 0.3 is 0 Å². The highest BCUT2D eigenvalue weighted by Gasteiger charge is 2.36. The van der Waals surface area contributed by atoms with E-state index in [2.05, 4.69) is 10.1 Å². The molecule has 0 bridgehead atoms. The molecular weight excluding hydrogens is 334 g/mol. The van der Waals surface area contributed by atoms with E-state index >= 15 is 0 Å². The van der Waals surface area contributed by atoms with E-state index in [1.807, 2.05) is 4.90 Å². The molecule has 0 aromatic carbocycles. The number of likely N-dealkylation sites (tertiary alicyclic amines) is 2. The lowest BCUT2D eigenvalue weighted by atomic mass is 9.93. The summed E-state index contributed by atoms with van der Waals surface area (Å²) in [7, 11) is 0. The third-order valence-electron chi connectivity index (χ3n) is 5.57. The molecule has 2 aromatic heterocycles. The van der Waals surface area contributed by atoms with Crippen LogP contribution in [-0.2, 0) is 9.59 Å². The molecule has 4 rings (SSSR count). The molecule has 0 unspecified atom stereocenters. The molecule has 8 heteroatoms. The topological polar surface area (TPSA) is 90.8 Å². The molecule has 0 spiro atoms. The average molecular weight is 357 g/mol. The molecule has 2 saturated heterocycles. The monoisotopic (exact) mass is 357 g/mol. The van der Waals surface area contributed by atoms with Crippen LogP contribution in [0.4, 0.5) is 0 Å². The van der Waals surface area contributed by atoms with Gasteiger partial charge in [-0.3, -0.25) is 19.5 Å². The second-order valence-corrected chi connectivity index (χ2v) is 7.15. The second kappa shape index (κ2) is 6.59. The summed E-state index contributed by atoms with van der Waals surface area (Å²) >= 11 is 0. The summed E-state index contributed by atoms with van der Waals surface area (Å²) in [6.45, 7) is 3.48. The van der Waals surface area contributed by atoms with Gasteiger partial charge in [-0.1, -0.05) is 0 Å². The van der Waals surface area contributed by atoms with Crippen molar-refractivity contribution in [3.05, 3.63) is 34.4 Å². The summed E-state index contributed by atoms with van der Waals surface area (Å²) in [4.78, 5) is 44.8. The van der Waals surface area contributed by atoms with Crippen LogP contribution in [0.25, 0.3) is 5.65 Å². The van der Waals surface area contributed by atoms with Gasteiger partial charge in [-0.05, 0) is 25.7 Å². The van der Waals surface area contributed by atoms with Crippen LogP contribution in [0.1, 0.15) is 44.2 Å². The molecule has 2 aromatic rings. The van der Waals surface area contributed by atoms with E-state index in [0.29, 0.717) is 25.3 Å². The van der Waals surface area contributed by atoms with Gasteiger partial charge in [0.1, 0.15) is 6.04 Å². The molecular formula is C18H23N5O3. The lowest BCUT2D eigenvalue weighted by Gasteiger charge is -2.35. The summed E-state index contributed by atoms with van der Waals surface area (Å²) in [5.41, 5.74) is 1.30. The minimum atomic E-state index is -0.303. The third-order valence-corrected chi connectivity index (χ3v) is 5.57. The standard InChI is InChI=1S/C18H23N5O3/c1-12(24)22-8-2-3-15(22)18(26)21-9-5-13(6-10-21)14-11-17(25)23-16(20-14)4-7-19-23/h4,7,11,13,15,19H,2-3,5-6,8-10H2,1H3/t15-/m0/s1. The van der Waals surface area contributed by atoms with Crippen molar-refractivity contribution in [2.24, 2.45) is 0 Å². The number of H-pyrrole nitrogens is 1. The van der Waals surface area contributed by atoms with Crippen LogP contribution in [0.15, 0.2) is 23.1 Å². The summed E-state index contributed by atoms with van der Waals surface area (Å²) in [6, 6.07) is 3.06. The van der Waals surface area contributed by atoms with Gasteiger partial charge in [0.2, 0.25) is 11.8 Å². The van der Waals surface area contributed by atoms with Gasteiger partial charge in [0.15, 0.2) is 5.65 Å². The van der Waals surface area contributed by atoms with Gasteiger partial charge in [-0.2, -0.15) is 0 Å². The Morgan fingerprint density at radius 3 is 2.69 bits per heavy atom. The van der Waals surface area contributed by atoms with E-state index in [1.165, 1.54) is 11.4 Å². The molecule has 8 nitrogen and oxygen atoms in total. The van der Waals surface area contributed by atoms with Gasteiger partial charge in [0, 0.05) is 50.8 Å². The first-order valence-corrected chi connectivity index (χ1v) is 9.17. The Balaban J connectivity index is 1.44. The molecule has 2 aliphatic heterocycles. The zero-order chi connectivity index (χ0) is 18.3. The van der Waals surface area contributed by atoms with Crippen LogP contribution in [0, 0.1) is 0 Å². The minimum absolute atomic E-state index is 0.0276. The van der Waals surface area contributed by atoms with Crippen LogP contribution in [0.3, 0.4) is 0 Å². The predicted molar refractivity (Wildman–Crippen MR) is 94.8 cm³/mol. The van der Waals surface area contributed by atoms with Crippen LogP contribution >= 0.6 is 0 Å². The maximum Gasteiger partial charge on any atom is 0.272 e. The third kappa shape index (κ3) is 2.89. The van der Waals surface area contributed by atoms with E-state index in [1.54, 1.807) is 23.2 Å². The number of piperidine rings is 1. The second-order valence-electron chi connectivity index (χ2n) is 7.15. The summed E-state index contributed by atoms with van der Waals surface area (Å²) in [6.07, 6.45) is 4.89. The Hall–Kier alpha value is -2.64. The molecule has 1 N–H and O–H groups in total. The number of amides is 2. The van der Waals surface area contributed by atoms with Crippen molar-refractivity contribution in [1.29, 1.82) is 0 Å². The number of hydrogen-bond acceptors (Lipinski definition) is 4. The van der Waals surface area contributed by atoms with Crippen molar-refractivity contribution in [2.45, 2.75) is 44.6 Å². The number of rotatable bonds is 2. The molecule has 4 heterocycles. The Labute approximate surface area is 150 Å². The molecule has 0 radical (unpaired) electrons. The Bertz CT molecular complexity index is 894. The quantitative estimate of drug-likeness (QED) is 0.858. The normalized spacial score (nSPS) is 21.5. The highest BCUT2D eigenvalue weighted by molar-refractivity contribution is 5.87. The highest BCUT2D eigenvalue weighted by Crippen LogP contribution is 2.28. The van der Waals surface area contributed by atoms with Crippen LogP contribution in [0.5, 0.6) is 0 Å². The SMILES string of the molecule is CC(=O)N1CCC[C@H]1C(=O)N1CCC(c2cc(=O)n3[nH]ccc3n2)CC1. The zero-order valence-electron chi connectivity index (χ0n) is 14.9. The first kappa shape index (κ1) is 16.8. The fourth-order valence-electron chi connectivity index (χ4n) is 4.16. The van der Waals surface area contributed by atoms with Crippen molar-refractivity contribution >= 4 is 17.5 Å². The lowest BCUT2D eigenvalue weighted by Crippen LogP contribution is -2.49. The number of nitrogens with one attached hydrogen (secondary N) is 1. The van der Waals surface area contributed by atoms with E-state index in [-0.39, 0.29) is 29.3 Å². The number of aromatic nitrogens is 3. The van der Waals surface area contributed by atoms with Gasteiger partial charge < -0.3 is 9.80 Å². The van der Waals surface area contributed by atoms with Gasteiger partial charge in [-0.15, -0.1) is 0 Å². The fourth-order valence-corrected chi connectivity index (χ4v) is 4.16. The number of carbonyl (C=O) groups is 2. The van der Waals surface area contributed by atoms with E-state index in [9.17, 15) is 14.4 Å². The van der Waals surface area contributed by atoms with E-state index < -0.39 is 0 Å². The minimum Gasteiger partial charge on any atom is -0.341 e. The number of aromatic amines is 1. The molecule has 2 amide bonds. The fraction of sp³-hybridized carbons (Fsp3) is 0.556. The molecule has 138 valence electrons. The maximum atomic E-state index is 12.8. The number of nitrogens with zero attached hydrogens (tertiary/aromatic N) is 4. The zero-order valence-corrected chi connectivity index (χ0v) is 14.9. The average Bonchev–Trinajstić information content (AvgIpc) is 3.30. The smallest absolute Gasteiger partial charge is 0.272 e. The first-order chi connectivity index (χ1) is 12.5. The largest absolute Gasteiger partial charge is 0.341 e.